The van der Waals surface area contributed by atoms with Gasteiger partial charge in [0.15, 0.2) is 0 Å². The quantitative estimate of drug-likeness (QED) is 0.596. The van der Waals surface area contributed by atoms with E-state index >= 15 is 0 Å². The van der Waals surface area contributed by atoms with Gasteiger partial charge >= 0.3 is 0 Å². The Kier molecular flexibility index (Phi) is 6.35. The third-order valence-corrected chi connectivity index (χ3v) is 1.76. The average molecular weight is 168 g/mol. The van der Waals surface area contributed by atoms with Crippen molar-refractivity contribution in [3.05, 3.63) is 12.7 Å². The van der Waals surface area contributed by atoms with Gasteiger partial charge in [-0.15, -0.1) is 6.58 Å². The van der Waals surface area contributed by atoms with Crippen LogP contribution in [0.25, 0.3) is 0 Å². The molecule has 3 heteroatoms. The number of nitriles is 1. The maximum atomic E-state index is 8.72. The molecule has 0 heterocycles. The lowest BCUT2D eigenvalue weighted by Crippen LogP contribution is -2.35. The number of aliphatic hydroxyl groups is 1. The molecule has 0 saturated heterocycles. The van der Waals surface area contributed by atoms with Gasteiger partial charge in [-0.05, 0) is 6.92 Å². The highest BCUT2D eigenvalue weighted by atomic mass is 16.3. The van der Waals surface area contributed by atoms with E-state index in [1.165, 1.54) is 0 Å². The van der Waals surface area contributed by atoms with E-state index < -0.39 is 0 Å². The van der Waals surface area contributed by atoms with Crippen LogP contribution in [0, 0.1) is 11.3 Å². The molecule has 0 spiro atoms. The molecule has 0 aliphatic heterocycles. The predicted molar refractivity (Wildman–Crippen MR) is 48.5 cm³/mol. The van der Waals surface area contributed by atoms with Gasteiger partial charge in [-0.25, -0.2) is 0 Å². The monoisotopic (exact) mass is 168 g/mol. The summed E-state index contributed by atoms with van der Waals surface area (Å²) in [5.74, 6) is 0. The van der Waals surface area contributed by atoms with E-state index in [-0.39, 0.29) is 12.6 Å². The van der Waals surface area contributed by atoms with E-state index in [4.69, 9.17) is 10.4 Å². The Labute approximate surface area is 73.9 Å². The second kappa shape index (κ2) is 6.84. The Morgan fingerprint density at radius 3 is 2.83 bits per heavy atom. The third kappa shape index (κ3) is 4.12. The summed E-state index contributed by atoms with van der Waals surface area (Å²) in [6.07, 6.45) is 2.28. The van der Waals surface area contributed by atoms with E-state index in [0.29, 0.717) is 13.0 Å². The molecule has 68 valence electrons. The lowest BCUT2D eigenvalue weighted by Gasteiger charge is -2.24. The molecular formula is C9H16N2O. The highest BCUT2D eigenvalue weighted by Crippen LogP contribution is 2.01. The predicted octanol–water partition coefficient (Wildman–Crippen LogP) is 0.769. The molecule has 12 heavy (non-hydrogen) atoms. The maximum Gasteiger partial charge on any atom is 0.0638 e. The van der Waals surface area contributed by atoms with Gasteiger partial charge in [-0.2, -0.15) is 5.26 Å². The van der Waals surface area contributed by atoms with Crippen molar-refractivity contribution in [3.63, 3.8) is 0 Å². The van der Waals surface area contributed by atoms with Gasteiger partial charge in [0.1, 0.15) is 0 Å². The van der Waals surface area contributed by atoms with Crippen molar-refractivity contribution in [2.45, 2.75) is 19.4 Å². The van der Waals surface area contributed by atoms with Crippen molar-refractivity contribution >= 4 is 0 Å². The molecule has 0 aromatic carbocycles. The maximum absolute atomic E-state index is 8.72. The Morgan fingerprint density at radius 1 is 1.75 bits per heavy atom. The van der Waals surface area contributed by atoms with Gasteiger partial charge in [0.05, 0.1) is 19.1 Å². The fourth-order valence-corrected chi connectivity index (χ4v) is 1.05. The molecule has 3 nitrogen and oxygen atoms in total. The van der Waals surface area contributed by atoms with Crippen molar-refractivity contribution in [3.8, 4) is 6.07 Å². The zero-order valence-corrected chi connectivity index (χ0v) is 7.53. The van der Waals surface area contributed by atoms with Crippen molar-refractivity contribution in [1.29, 1.82) is 5.26 Å². The van der Waals surface area contributed by atoms with Crippen molar-refractivity contribution in [1.82, 2.24) is 4.90 Å². The second-order valence-corrected chi connectivity index (χ2v) is 2.72. The van der Waals surface area contributed by atoms with Crippen LogP contribution < -0.4 is 0 Å². The summed E-state index contributed by atoms with van der Waals surface area (Å²) in [7, 11) is 0. The van der Waals surface area contributed by atoms with E-state index in [1.54, 1.807) is 6.08 Å². The molecule has 0 aliphatic rings. The first-order chi connectivity index (χ1) is 5.76. The normalized spacial score (nSPS) is 12.5. The molecule has 1 N–H and O–H groups in total. The largest absolute Gasteiger partial charge is 0.395 e. The number of hydrogen-bond donors (Lipinski definition) is 1. The Morgan fingerprint density at radius 2 is 2.42 bits per heavy atom. The molecule has 1 atom stereocenters. The van der Waals surface area contributed by atoms with Crippen LogP contribution in [-0.4, -0.2) is 35.7 Å². The summed E-state index contributed by atoms with van der Waals surface area (Å²) in [5.41, 5.74) is 0. The van der Waals surface area contributed by atoms with Crippen LogP contribution in [0.15, 0.2) is 12.7 Å². The highest BCUT2D eigenvalue weighted by Gasteiger charge is 2.10. The van der Waals surface area contributed by atoms with Crippen LogP contribution in [0.1, 0.15) is 13.3 Å². The molecule has 0 radical (unpaired) electrons. The van der Waals surface area contributed by atoms with E-state index in [0.717, 1.165) is 6.54 Å². The minimum absolute atomic E-state index is 0.129. The fourth-order valence-electron chi connectivity index (χ4n) is 1.05. The Hall–Kier alpha value is -0.850. The van der Waals surface area contributed by atoms with Crippen LogP contribution >= 0.6 is 0 Å². The van der Waals surface area contributed by atoms with Crippen LogP contribution in [0.5, 0.6) is 0 Å². The van der Waals surface area contributed by atoms with Crippen molar-refractivity contribution in [2.75, 3.05) is 19.7 Å². The molecule has 0 rings (SSSR count). The summed E-state index contributed by atoms with van der Waals surface area (Å²) in [6.45, 7) is 7.05. The molecule has 0 fully saturated rings. The lowest BCUT2D eigenvalue weighted by atomic mass is 10.2. The van der Waals surface area contributed by atoms with Crippen molar-refractivity contribution < 1.29 is 5.11 Å². The SMILES string of the molecule is C=CCN(CCO)C(C)CC#N. The number of hydrogen-bond acceptors (Lipinski definition) is 3. The van der Waals surface area contributed by atoms with Crippen LogP contribution in [0.4, 0.5) is 0 Å². The Bertz CT molecular complexity index is 162. The number of nitrogens with zero attached hydrogens (tertiary/aromatic N) is 2. The van der Waals surface area contributed by atoms with E-state index in [1.807, 2.05) is 11.8 Å². The molecule has 0 aromatic rings. The smallest absolute Gasteiger partial charge is 0.0638 e. The minimum Gasteiger partial charge on any atom is -0.395 e. The number of rotatable bonds is 6. The summed E-state index contributed by atoms with van der Waals surface area (Å²) >= 11 is 0. The molecule has 1 unspecified atom stereocenters. The topological polar surface area (TPSA) is 47.3 Å². The molecule has 0 aromatic heterocycles. The summed E-state index contributed by atoms with van der Waals surface area (Å²) in [6, 6.07) is 2.30. The average Bonchev–Trinajstić information content (AvgIpc) is 2.04. The first-order valence-corrected chi connectivity index (χ1v) is 4.09. The molecule has 0 aliphatic carbocycles. The summed E-state index contributed by atoms with van der Waals surface area (Å²) in [5, 5.41) is 17.2. The standard InChI is InChI=1S/C9H16N2O/c1-3-6-11(7-8-12)9(2)4-5-10/h3,9,12H,1,4,6-8H2,2H3. The van der Waals surface area contributed by atoms with Gasteiger partial charge in [0, 0.05) is 19.1 Å². The highest BCUT2D eigenvalue weighted by molar-refractivity contribution is 4.83. The van der Waals surface area contributed by atoms with Gasteiger partial charge in [-0.3, -0.25) is 4.90 Å². The fraction of sp³-hybridized carbons (Fsp3) is 0.667. The Balaban J connectivity index is 3.90. The van der Waals surface area contributed by atoms with Crippen LogP contribution in [-0.2, 0) is 0 Å². The minimum atomic E-state index is 0.129. The molecule has 0 bridgehead atoms. The van der Waals surface area contributed by atoms with E-state index in [2.05, 4.69) is 12.6 Å². The molecule has 0 saturated carbocycles. The first-order valence-electron chi connectivity index (χ1n) is 4.09. The van der Waals surface area contributed by atoms with Crippen molar-refractivity contribution in [2.24, 2.45) is 0 Å². The zero-order valence-electron chi connectivity index (χ0n) is 7.53. The van der Waals surface area contributed by atoms with Crippen LogP contribution in [0.3, 0.4) is 0 Å². The van der Waals surface area contributed by atoms with Crippen LogP contribution in [0.2, 0.25) is 0 Å². The van der Waals surface area contributed by atoms with Gasteiger partial charge in [0.25, 0.3) is 0 Å². The first kappa shape index (κ1) is 11.2. The van der Waals surface area contributed by atoms with E-state index in [9.17, 15) is 0 Å². The molecular weight excluding hydrogens is 152 g/mol. The second-order valence-electron chi connectivity index (χ2n) is 2.72. The third-order valence-electron chi connectivity index (χ3n) is 1.76. The molecule has 0 amide bonds. The summed E-state index contributed by atoms with van der Waals surface area (Å²) < 4.78 is 0. The number of aliphatic hydroxyl groups excluding tert-OH is 1. The van der Waals surface area contributed by atoms with Gasteiger partial charge in [0.2, 0.25) is 0 Å². The zero-order chi connectivity index (χ0) is 9.40. The summed E-state index contributed by atoms with van der Waals surface area (Å²) in [4.78, 5) is 2.02. The van der Waals surface area contributed by atoms with Gasteiger partial charge in [-0.1, -0.05) is 6.08 Å². The lowest BCUT2D eigenvalue weighted by molar-refractivity contribution is 0.173. The van der Waals surface area contributed by atoms with Gasteiger partial charge < -0.3 is 5.11 Å².